The Balaban J connectivity index is 2.75. The molecule has 0 fully saturated rings. The molecule has 0 heterocycles. The Morgan fingerprint density at radius 3 is 2.40 bits per heavy atom. The highest BCUT2D eigenvalue weighted by Gasteiger charge is 2.20. The first kappa shape index (κ1) is 12.0. The maximum absolute atomic E-state index is 8.78. The van der Waals surface area contributed by atoms with Crippen LogP contribution in [0.1, 0.15) is 25.3 Å². The van der Waals surface area contributed by atoms with Crippen molar-refractivity contribution in [2.75, 3.05) is 13.7 Å². The van der Waals surface area contributed by atoms with Gasteiger partial charge in [-0.2, -0.15) is 0 Å². The molecule has 0 bridgehead atoms. The summed E-state index contributed by atoms with van der Waals surface area (Å²) in [5.41, 5.74) is 6.85. The summed E-state index contributed by atoms with van der Waals surface area (Å²) < 4.78 is 5.08. The molecule has 0 saturated carbocycles. The number of aliphatic hydroxyl groups is 1. The van der Waals surface area contributed by atoms with Crippen molar-refractivity contribution < 1.29 is 9.84 Å². The molecule has 0 aliphatic heterocycles. The van der Waals surface area contributed by atoms with Gasteiger partial charge in [0, 0.05) is 12.1 Å². The van der Waals surface area contributed by atoms with Crippen LogP contribution in [-0.4, -0.2) is 18.8 Å². The van der Waals surface area contributed by atoms with Gasteiger partial charge in [-0.3, -0.25) is 0 Å². The maximum Gasteiger partial charge on any atom is 0.118 e. The van der Waals surface area contributed by atoms with Crippen LogP contribution in [0.25, 0.3) is 0 Å². The minimum atomic E-state index is -0.380. The van der Waals surface area contributed by atoms with E-state index in [1.807, 2.05) is 31.2 Å². The van der Waals surface area contributed by atoms with E-state index in [2.05, 4.69) is 0 Å². The molecule has 3 heteroatoms. The van der Waals surface area contributed by atoms with Gasteiger partial charge in [0.25, 0.3) is 0 Å². The van der Waals surface area contributed by atoms with E-state index >= 15 is 0 Å². The lowest BCUT2D eigenvalue weighted by molar-refractivity contribution is 0.265. The lowest BCUT2D eigenvalue weighted by Gasteiger charge is -2.25. The molecule has 3 nitrogen and oxygen atoms in total. The van der Waals surface area contributed by atoms with Gasteiger partial charge in [-0.25, -0.2) is 0 Å². The summed E-state index contributed by atoms with van der Waals surface area (Å²) >= 11 is 0. The summed E-state index contributed by atoms with van der Waals surface area (Å²) in [6.45, 7) is 2.16. The molecule has 84 valence electrons. The SMILES string of the molecule is COc1ccc(C(C)(N)CCCO)cc1. The Hall–Kier alpha value is -1.06. The van der Waals surface area contributed by atoms with E-state index in [1.165, 1.54) is 0 Å². The van der Waals surface area contributed by atoms with Gasteiger partial charge in [-0.15, -0.1) is 0 Å². The normalized spacial score (nSPS) is 14.7. The van der Waals surface area contributed by atoms with Crippen molar-refractivity contribution >= 4 is 0 Å². The highest BCUT2D eigenvalue weighted by atomic mass is 16.5. The number of ether oxygens (including phenoxy) is 1. The summed E-state index contributed by atoms with van der Waals surface area (Å²) in [4.78, 5) is 0. The van der Waals surface area contributed by atoms with Crippen LogP contribution in [0.15, 0.2) is 24.3 Å². The summed E-state index contributed by atoms with van der Waals surface area (Å²) in [6.07, 6.45) is 1.49. The van der Waals surface area contributed by atoms with Gasteiger partial charge in [-0.05, 0) is 37.5 Å². The number of hydrogen-bond donors (Lipinski definition) is 2. The van der Waals surface area contributed by atoms with E-state index in [1.54, 1.807) is 7.11 Å². The van der Waals surface area contributed by atoms with Crippen molar-refractivity contribution in [3.63, 3.8) is 0 Å². The topological polar surface area (TPSA) is 55.5 Å². The van der Waals surface area contributed by atoms with Gasteiger partial charge in [0.2, 0.25) is 0 Å². The lowest BCUT2D eigenvalue weighted by atomic mass is 9.88. The predicted octanol–water partition coefficient (Wildman–Crippen LogP) is 1.64. The quantitative estimate of drug-likeness (QED) is 0.775. The predicted molar refractivity (Wildman–Crippen MR) is 60.9 cm³/mol. The first-order valence-electron chi connectivity index (χ1n) is 5.14. The molecule has 0 spiro atoms. The molecule has 1 atom stereocenters. The van der Waals surface area contributed by atoms with Crippen molar-refractivity contribution in [2.24, 2.45) is 5.73 Å². The van der Waals surface area contributed by atoms with Crippen LogP contribution in [0.5, 0.6) is 5.75 Å². The van der Waals surface area contributed by atoms with E-state index in [0.29, 0.717) is 0 Å². The third-order valence-corrected chi connectivity index (χ3v) is 2.60. The van der Waals surface area contributed by atoms with Crippen molar-refractivity contribution in [2.45, 2.75) is 25.3 Å². The largest absolute Gasteiger partial charge is 0.497 e. The molecule has 0 aromatic heterocycles. The number of hydrogen-bond acceptors (Lipinski definition) is 3. The summed E-state index contributed by atoms with van der Waals surface area (Å²) in [7, 11) is 1.64. The third-order valence-electron chi connectivity index (χ3n) is 2.60. The average molecular weight is 209 g/mol. The molecule has 0 amide bonds. The molecule has 0 radical (unpaired) electrons. The molecule has 0 aliphatic rings. The molecule has 1 aromatic rings. The number of rotatable bonds is 5. The zero-order valence-corrected chi connectivity index (χ0v) is 9.36. The number of benzene rings is 1. The summed E-state index contributed by atoms with van der Waals surface area (Å²) in [5.74, 6) is 0.830. The second-order valence-electron chi connectivity index (χ2n) is 3.97. The highest BCUT2D eigenvalue weighted by molar-refractivity contribution is 5.31. The van der Waals surface area contributed by atoms with Crippen LogP contribution in [0, 0.1) is 0 Å². The summed E-state index contributed by atoms with van der Waals surface area (Å²) in [6, 6.07) is 7.74. The number of nitrogens with two attached hydrogens (primary N) is 1. The zero-order valence-electron chi connectivity index (χ0n) is 9.36. The minimum absolute atomic E-state index is 0.183. The fraction of sp³-hybridized carbons (Fsp3) is 0.500. The number of aliphatic hydroxyl groups excluding tert-OH is 1. The van der Waals surface area contributed by atoms with Gasteiger partial charge < -0.3 is 15.6 Å². The fourth-order valence-electron chi connectivity index (χ4n) is 1.56. The standard InChI is InChI=1S/C12H19NO2/c1-12(13,8-3-9-14)10-4-6-11(15-2)7-5-10/h4-7,14H,3,8-9,13H2,1-2H3. The zero-order chi connectivity index (χ0) is 11.3. The molecule has 15 heavy (non-hydrogen) atoms. The van der Waals surface area contributed by atoms with Gasteiger partial charge in [0.15, 0.2) is 0 Å². The van der Waals surface area contributed by atoms with Crippen molar-refractivity contribution in [3.05, 3.63) is 29.8 Å². The first-order chi connectivity index (χ1) is 7.10. The van der Waals surface area contributed by atoms with Crippen LogP contribution in [-0.2, 0) is 5.54 Å². The Morgan fingerprint density at radius 1 is 1.33 bits per heavy atom. The van der Waals surface area contributed by atoms with Crippen molar-refractivity contribution in [3.8, 4) is 5.75 Å². The van der Waals surface area contributed by atoms with Crippen LogP contribution < -0.4 is 10.5 Å². The van der Waals surface area contributed by atoms with Crippen LogP contribution in [0.2, 0.25) is 0 Å². The van der Waals surface area contributed by atoms with E-state index < -0.39 is 0 Å². The molecule has 1 aromatic carbocycles. The Morgan fingerprint density at radius 2 is 1.93 bits per heavy atom. The Labute approximate surface area is 90.9 Å². The maximum atomic E-state index is 8.78. The van der Waals surface area contributed by atoms with Gasteiger partial charge in [0.05, 0.1) is 7.11 Å². The van der Waals surface area contributed by atoms with Crippen molar-refractivity contribution in [1.29, 1.82) is 0 Å². The van der Waals surface area contributed by atoms with E-state index in [9.17, 15) is 0 Å². The molecular formula is C12H19NO2. The smallest absolute Gasteiger partial charge is 0.118 e. The molecule has 1 rings (SSSR count). The number of methoxy groups -OCH3 is 1. The van der Waals surface area contributed by atoms with E-state index in [0.717, 1.165) is 24.2 Å². The second-order valence-corrected chi connectivity index (χ2v) is 3.97. The molecule has 0 aliphatic carbocycles. The van der Waals surface area contributed by atoms with E-state index in [4.69, 9.17) is 15.6 Å². The summed E-state index contributed by atoms with van der Waals surface area (Å²) in [5, 5.41) is 8.78. The van der Waals surface area contributed by atoms with Crippen LogP contribution in [0.4, 0.5) is 0 Å². The van der Waals surface area contributed by atoms with Crippen LogP contribution in [0.3, 0.4) is 0 Å². The first-order valence-corrected chi connectivity index (χ1v) is 5.14. The van der Waals surface area contributed by atoms with Crippen LogP contribution >= 0.6 is 0 Å². The molecule has 0 saturated heterocycles. The van der Waals surface area contributed by atoms with Gasteiger partial charge >= 0.3 is 0 Å². The lowest BCUT2D eigenvalue weighted by Crippen LogP contribution is -2.33. The molecule has 1 unspecified atom stereocenters. The average Bonchev–Trinajstić information content (AvgIpc) is 2.26. The molecular weight excluding hydrogens is 190 g/mol. The fourth-order valence-corrected chi connectivity index (χ4v) is 1.56. The van der Waals surface area contributed by atoms with E-state index in [-0.39, 0.29) is 12.1 Å². The minimum Gasteiger partial charge on any atom is -0.497 e. The van der Waals surface area contributed by atoms with Gasteiger partial charge in [-0.1, -0.05) is 12.1 Å². The monoisotopic (exact) mass is 209 g/mol. The van der Waals surface area contributed by atoms with Crippen molar-refractivity contribution in [1.82, 2.24) is 0 Å². The second kappa shape index (κ2) is 5.14. The highest BCUT2D eigenvalue weighted by Crippen LogP contribution is 2.24. The molecule has 3 N–H and O–H groups in total. The Bertz CT molecular complexity index is 293. The Kier molecular flexibility index (Phi) is 4.12. The van der Waals surface area contributed by atoms with Gasteiger partial charge in [0.1, 0.15) is 5.75 Å². The third kappa shape index (κ3) is 3.22.